The molecule has 1 heterocycles. The average Bonchev–Trinajstić information content (AvgIpc) is 2.36. The summed E-state index contributed by atoms with van der Waals surface area (Å²) in [6, 6.07) is 0. The summed E-state index contributed by atoms with van der Waals surface area (Å²) in [5, 5.41) is 3.18. The van der Waals surface area contributed by atoms with E-state index >= 15 is 0 Å². The van der Waals surface area contributed by atoms with Crippen molar-refractivity contribution in [2.45, 2.75) is 0 Å². The third-order valence-corrected chi connectivity index (χ3v) is 2.15. The van der Waals surface area contributed by atoms with Crippen LogP contribution in [0.15, 0.2) is 50.5 Å². The highest BCUT2D eigenvalue weighted by Crippen LogP contribution is 2.21. The quantitative estimate of drug-likeness (QED) is 0.695. The lowest BCUT2D eigenvalue weighted by Crippen LogP contribution is -2.24. The minimum atomic E-state index is 0.667. The summed E-state index contributed by atoms with van der Waals surface area (Å²) in [5.74, 6) is 0.795. The molecule has 0 saturated carbocycles. The van der Waals surface area contributed by atoms with Gasteiger partial charge in [0.1, 0.15) is 6.33 Å². The molecule has 0 bridgehead atoms. The highest BCUT2D eigenvalue weighted by Gasteiger charge is 2.09. The van der Waals surface area contributed by atoms with Crippen LogP contribution in [0.1, 0.15) is 0 Å². The van der Waals surface area contributed by atoms with E-state index in [1.165, 1.54) is 6.33 Å². The van der Waals surface area contributed by atoms with Crippen molar-refractivity contribution in [1.29, 1.82) is 0 Å². The van der Waals surface area contributed by atoms with E-state index in [0.717, 1.165) is 24.6 Å². The fourth-order valence-electron chi connectivity index (χ4n) is 1.44. The summed E-state index contributed by atoms with van der Waals surface area (Å²) in [5.41, 5.74) is 0.939. The van der Waals surface area contributed by atoms with Gasteiger partial charge in [0.25, 0.3) is 0 Å². The summed E-state index contributed by atoms with van der Waals surface area (Å²) >= 11 is 0. The van der Waals surface area contributed by atoms with Gasteiger partial charge in [-0.1, -0.05) is 18.2 Å². The Morgan fingerprint density at radius 2 is 1.88 bits per heavy atom. The predicted octanol–water partition coefficient (Wildman–Crippen LogP) is 2.25. The van der Waals surface area contributed by atoms with Gasteiger partial charge in [0.15, 0.2) is 5.82 Å². The van der Waals surface area contributed by atoms with Gasteiger partial charge in [-0.25, -0.2) is 9.97 Å². The van der Waals surface area contributed by atoms with Crippen LogP contribution < -0.4 is 10.2 Å². The third kappa shape index (κ3) is 3.75. The van der Waals surface area contributed by atoms with E-state index < -0.39 is 0 Å². The van der Waals surface area contributed by atoms with E-state index in [9.17, 15) is 0 Å². The van der Waals surface area contributed by atoms with Gasteiger partial charge in [-0.15, -0.1) is 19.7 Å². The molecule has 0 saturated heterocycles. The van der Waals surface area contributed by atoms with Crippen molar-refractivity contribution in [3.05, 3.63) is 50.5 Å². The molecule has 1 N–H and O–H groups in total. The first-order valence-corrected chi connectivity index (χ1v) is 5.45. The molecule has 0 aliphatic rings. The number of anilines is 2. The molecule has 0 aliphatic carbocycles. The molecule has 0 aliphatic heterocycles. The summed E-state index contributed by atoms with van der Waals surface area (Å²) in [7, 11) is 0. The highest BCUT2D eigenvalue weighted by atomic mass is 15.2. The molecule has 0 amide bonds. The Labute approximate surface area is 102 Å². The first-order chi connectivity index (χ1) is 8.33. The van der Waals surface area contributed by atoms with Gasteiger partial charge in [-0.2, -0.15) is 0 Å². The molecule has 0 aromatic carbocycles. The smallest absolute Gasteiger partial charge is 0.153 e. The van der Waals surface area contributed by atoms with Crippen LogP contribution in [-0.4, -0.2) is 29.6 Å². The van der Waals surface area contributed by atoms with Crippen molar-refractivity contribution in [1.82, 2.24) is 9.97 Å². The predicted molar refractivity (Wildman–Crippen MR) is 73.3 cm³/mol. The Morgan fingerprint density at radius 3 is 2.47 bits per heavy atom. The lowest BCUT2D eigenvalue weighted by atomic mass is 10.3. The van der Waals surface area contributed by atoms with E-state index in [-0.39, 0.29) is 0 Å². The molecule has 0 fully saturated rings. The van der Waals surface area contributed by atoms with Crippen molar-refractivity contribution in [3.63, 3.8) is 0 Å². The first-order valence-electron chi connectivity index (χ1n) is 5.45. The van der Waals surface area contributed by atoms with Crippen molar-refractivity contribution < 1.29 is 0 Å². The first kappa shape index (κ1) is 13.0. The number of nitrogens with one attached hydrogen (secondary N) is 1. The maximum Gasteiger partial charge on any atom is 0.153 e. The zero-order chi connectivity index (χ0) is 12.5. The van der Waals surface area contributed by atoms with E-state index in [1.54, 1.807) is 12.3 Å². The van der Waals surface area contributed by atoms with Gasteiger partial charge in [0.2, 0.25) is 0 Å². The summed E-state index contributed by atoms with van der Waals surface area (Å²) in [6.07, 6.45) is 8.78. The zero-order valence-electron chi connectivity index (χ0n) is 9.97. The second kappa shape index (κ2) is 7.22. The normalized spacial score (nSPS) is 9.41. The SMILES string of the molecule is C=CCNc1ncncc1N(CC=C)CC=C. The van der Waals surface area contributed by atoms with Crippen molar-refractivity contribution in [2.24, 2.45) is 0 Å². The lowest BCUT2D eigenvalue weighted by molar-refractivity contribution is 0.938. The Morgan fingerprint density at radius 1 is 1.18 bits per heavy atom. The van der Waals surface area contributed by atoms with E-state index in [4.69, 9.17) is 0 Å². The van der Waals surface area contributed by atoms with Crippen molar-refractivity contribution in [2.75, 3.05) is 29.9 Å². The monoisotopic (exact) mass is 230 g/mol. The van der Waals surface area contributed by atoms with Crippen LogP contribution in [0, 0.1) is 0 Å². The number of nitrogens with zero attached hydrogens (tertiary/aromatic N) is 3. The number of hydrogen-bond donors (Lipinski definition) is 1. The van der Waals surface area contributed by atoms with E-state index in [1.807, 2.05) is 12.2 Å². The van der Waals surface area contributed by atoms with Gasteiger partial charge in [-0.05, 0) is 0 Å². The minimum absolute atomic E-state index is 0.667. The number of rotatable bonds is 8. The van der Waals surface area contributed by atoms with Gasteiger partial charge in [0.05, 0.1) is 11.9 Å². The summed E-state index contributed by atoms with van der Waals surface area (Å²) < 4.78 is 0. The Balaban J connectivity index is 2.94. The molecule has 0 spiro atoms. The van der Waals surface area contributed by atoms with Crippen molar-refractivity contribution >= 4 is 11.5 Å². The van der Waals surface area contributed by atoms with Crippen molar-refractivity contribution in [3.8, 4) is 0 Å². The van der Waals surface area contributed by atoms with Crippen LogP contribution in [0.4, 0.5) is 11.5 Å². The molecule has 1 rings (SSSR count). The number of aromatic nitrogens is 2. The van der Waals surface area contributed by atoms with E-state index in [2.05, 4.69) is 39.9 Å². The third-order valence-electron chi connectivity index (χ3n) is 2.15. The minimum Gasteiger partial charge on any atom is -0.365 e. The lowest BCUT2D eigenvalue weighted by Gasteiger charge is -2.23. The second-order valence-corrected chi connectivity index (χ2v) is 3.41. The molecule has 1 aromatic heterocycles. The molecular weight excluding hydrogens is 212 g/mol. The second-order valence-electron chi connectivity index (χ2n) is 3.41. The Bertz CT molecular complexity index is 377. The standard InChI is InChI=1S/C13H18N4/c1-4-7-15-13-12(10-14-11-16-13)17(8-5-2)9-6-3/h4-6,10-11H,1-3,7-9H2,(H,14,15,16). The topological polar surface area (TPSA) is 41.1 Å². The molecule has 4 heteroatoms. The number of hydrogen-bond acceptors (Lipinski definition) is 4. The molecule has 4 nitrogen and oxygen atoms in total. The van der Waals surface area contributed by atoms with Gasteiger partial charge < -0.3 is 10.2 Å². The van der Waals surface area contributed by atoms with Crippen LogP contribution in [0.5, 0.6) is 0 Å². The maximum atomic E-state index is 4.22. The highest BCUT2D eigenvalue weighted by molar-refractivity contribution is 5.65. The molecular formula is C13H18N4. The molecule has 0 radical (unpaired) electrons. The fraction of sp³-hybridized carbons (Fsp3) is 0.231. The van der Waals surface area contributed by atoms with Crippen LogP contribution in [0.2, 0.25) is 0 Å². The summed E-state index contributed by atoms with van der Waals surface area (Å²) in [6.45, 7) is 13.3. The molecule has 17 heavy (non-hydrogen) atoms. The molecule has 1 aromatic rings. The van der Waals surface area contributed by atoms with Gasteiger partial charge in [0, 0.05) is 19.6 Å². The van der Waals surface area contributed by atoms with Gasteiger partial charge >= 0.3 is 0 Å². The largest absolute Gasteiger partial charge is 0.365 e. The average molecular weight is 230 g/mol. The Kier molecular flexibility index (Phi) is 5.51. The van der Waals surface area contributed by atoms with Crippen LogP contribution in [0.3, 0.4) is 0 Å². The van der Waals surface area contributed by atoms with Gasteiger partial charge in [-0.3, -0.25) is 0 Å². The Hall–Kier alpha value is -2.10. The fourth-order valence-corrected chi connectivity index (χ4v) is 1.44. The zero-order valence-corrected chi connectivity index (χ0v) is 9.97. The van der Waals surface area contributed by atoms with Crippen LogP contribution in [0.25, 0.3) is 0 Å². The van der Waals surface area contributed by atoms with Crippen LogP contribution in [-0.2, 0) is 0 Å². The van der Waals surface area contributed by atoms with E-state index in [0.29, 0.717) is 6.54 Å². The maximum absolute atomic E-state index is 4.22. The summed E-state index contributed by atoms with van der Waals surface area (Å²) in [4.78, 5) is 10.4. The molecule has 0 unspecified atom stereocenters. The molecule has 0 atom stereocenters. The van der Waals surface area contributed by atoms with Crippen LogP contribution >= 0.6 is 0 Å². The molecule has 90 valence electrons.